The van der Waals surface area contributed by atoms with E-state index in [1.54, 1.807) is 24.3 Å². The van der Waals surface area contributed by atoms with Gasteiger partial charge in [0.15, 0.2) is 0 Å². The van der Waals surface area contributed by atoms with Gasteiger partial charge in [0.2, 0.25) is 11.8 Å². The first-order valence-electron chi connectivity index (χ1n) is 9.13. The van der Waals surface area contributed by atoms with Crippen LogP contribution < -0.4 is 10.9 Å². The van der Waals surface area contributed by atoms with E-state index < -0.39 is 17.4 Å². The number of likely N-dealkylation sites (N-methyl/N-ethyl adjacent to an activating group) is 1. The van der Waals surface area contributed by atoms with Crippen molar-refractivity contribution >= 4 is 29.1 Å². The normalized spacial score (nSPS) is 10.3. The standard InChI is InChI=1S/C20H22ClN5O3/c1-4-13-14(10-22)20(29)26(24-16(13)5-2)12-19(28)25(3)11-18(27)23-17-9-7-6-8-15(17)21/h6-9H,4-5,11-12H2,1-3H3,(H,23,27). The van der Waals surface area contributed by atoms with Crippen molar-refractivity contribution in [2.75, 3.05) is 18.9 Å². The van der Waals surface area contributed by atoms with E-state index in [1.165, 1.54) is 11.9 Å². The summed E-state index contributed by atoms with van der Waals surface area (Å²) in [4.78, 5) is 38.4. The lowest BCUT2D eigenvalue weighted by atomic mass is 10.0. The van der Waals surface area contributed by atoms with Crippen molar-refractivity contribution in [1.29, 1.82) is 5.26 Å². The number of rotatable bonds is 7. The molecule has 1 aromatic heterocycles. The smallest absolute Gasteiger partial charge is 0.285 e. The van der Waals surface area contributed by atoms with E-state index in [-0.39, 0.29) is 18.7 Å². The van der Waals surface area contributed by atoms with Crippen LogP contribution >= 0.6 is 11.6 Å². The molecule has 8 nitrogen and oxygen atoms in total. The summed E-state index contributed by atoms with van der Waals surface area (Å²) in [5, 5.41) is 16.6. The topological polar surface area (TPSA) is 108 Å². The van der Waals surface area contributed by atoms with Crippen molar-refractivity contribution in [3.05, 3.63) is 56.5 Å². The van der Waals surface area contributed by atoms with Crippen LogP contribution in [-0.2, 0) is 29.0 Å². The van der Waals surface area contributed by atoms with Crippen molar-refractivity contribution in [3.63, 3.8) is 0 Å². The van der Waals surface area contributed by atoms with Crippen molar-refractivity contribution in [3.8, 4) is 6.07 Å². The van der Waals surface area contributed by atoms with Crippen molar-refractivity contribution in [2.24, 2.45) is 0 Å². The number of hydrogen-bond donors (Lipinski definition) is 1. The van der Waals surface area contributed by atoms with Crippen LogP contribution in [0.4, 0.5) is 5.69 Å². The molecule has 0 aliphatic heterocycles. The Kier molecular flexibility index (Phi) is 7.51. The third-order valence-corrected chi connectivity index (χ3v) is 4.71. The van der Waals surface area contributed by atoms with E-state index in [4.69, 9.17) is 11.6 Å². The third kappa shape index (κ3) is 5.21. The van der Waals surface area contributed by atoms with Crippen molar-refractivity contribution < 1.29 is 9.59 Å². The first-order chi connectivity index (χ1) is 13.8. The fourth-order valence-electron chi connectivity index (χ4n) is 2.85. The van der Waals surface area contributed by atoms with Crippen LogP contribution in [0.5, 0.6) is 0 Å². The first-order valence-corrected chi connectivity index (χ1v) is 9.51. The molecule has 0 saturated carbocycles. The maximum Gasteiger partial charge on any atom is 0.285 e. The molecule has 152 valence electrons. The van der Waals surface area contributed by atoms with E-state index in [2.05, 4.69) is 10.4 Å². The van der Waals surface area contributed by atoms with E-state index in [0.717, 1.165) is 4.68 Å². The quantitative estimate of drug-likeness (QED) is 0.743. The lowest BCUT2D eigenvalue weighted by Gasteiger charge is -2.18. The van der Waals surface area contributed by atoms with Gasteiger partial charge >= 0.3 is 0 Å². The summed E-state index contributed by atoms with van der Waals surface area (Å²) < 4.78 is 0.987. The summed E-state index contributed by atoms with van der Waals surface area (Å²) in [6, 6.07) is 8.68. The number of carbonyl (C=O) groups is 2. The van der Waals surface area contributed by atoms with Crippen LogP contribution in [0.25, 0.3) is 0 Å². The number of amides is 2. The number of anilines is 1. The van der Waals surface area contributed by atoms with Crippen LogP contribution in [0.2, 0.25) is 5.02 Å². The van der Waals surface area contributed by atoms with E-state index in [9.17, 15) is 19.6 Å². The van der Waals surface area contributed by atoms with Crippen molar-refractivity contribution in [1.82, 2.24) is 14.7 Å². The van der Waals surface area contributed by atoms with E-state index in [0.29, 0.717) is 34.8 Å². The van der Waals surface area contributed by atoms with Gasteiger partial charge < -0.3 is 10.2 Å². The van der Waals surface area contributed by atoms with Gasteiger partial charge in [0.25, 0.3) is 5.56 Å². The number of benzene rings is 1. The molecule has 2 rings (SSSR count). The maximum absolute atomic E-state index is 12.5. The predicted molar refractivity (Wildman–Crippen MR) is 110 cm³/mol. The van der Waals surface area contributed by atoms with Crippen LogP contribution in [0.1, 0.15) is 30.7 Å². The number of para-hydroxylation sites is 1. The lowest BCUT2D eigenvalue weighted by molar-refractivity contribution is -0.134. The zero-order chi connectivity index (χ0) is 21.6. The Bertz CT molecular complexity index is 1030. The molecule has 0 aliphatic carbocycles. The van der Waals surface area contributed by atoms with Crippen molar-refractivity contribution in [2.45, 2.75) is 33.2 Å². The molecule has 1 N–H and O–H groups in total. The molecule has 2 amide bonds. The number of carbonyl (C=O) groups excluding carboxylic acids is 2. The van der Waals surface area contributed by atoms with Gasteiger partial charge in [-0.1, -0.05) is 37.6 Å². The minimum atomic E-state index is -0.608. The van der Waals surface area contributed by atoms with Gasteiger partial charge in [-0.05, 0) is 30.5 Å². The summed E-state index contributed by atoms with van der Waals surface area (Å²) in [6.45, 7) is 3.12. The van der Waals surface area contributed by atoms with Gasteiger partial charge in [-0.3, -0.25) is 14.4 Å². The van der Waals surface area contributed by atoms with E-state index in [1.807, 2.05) is 19.9 Å². The highest BCUT2D eigenvalue weighted by Gasteiger charge is 2.19. The molecule has 1 heterocycles. The monoisotopic (exact) mass is 415 g/mol. The molecule has 0 atom stereocenters. The minimum absolute atomic E-state index is 0.00580. The van der Waals surface area contributed by atoms with Gasteiger partial charge in [-0.25, -0.2) is 4.68 Å². The molecule has 0 radical (unpaired) electrons. The summed E-state index contributed by atoms with van der Waals surface area (Å²) in [6.07, 6.45) is 1.04. The maximum atomic E-state index is 12.5. The highest BCUT2D eigenvalue weighted by Crippen LogP contribution is 2.20. The van der Waals surface area contributed by atoms with Crippen LogP contribution in [0.15, 0.2) is 29.1 Å². The molecule has 0 fully saturated rings. The number of nitriles is 1. The largest absolute Gasteiger partial charge is 0.335 e. The SMILES string of the molecule is CCc1nn(CC(=O)N(C)CC(=O)Nc2ccccc2Cl)c(=O)c(C#N)c1CC. The summed E-state index contributed by atoms with van der Waals surface area (Å²) in [5.74, 6) is -0.911. The second-order valence-corrected chi connectivity index (χ2v) is 6.77. The average molecular weight is 416 g/mol. The Labute approximate surface area is 173 Å². The second-order valence-electron chi connectivity index (χ2n) is 6.36. The molecule has 2 aromatic rings. The number of nitrogens with zero attached hydrogens (tertiary/aromatic N) is 4. The number of aromatic nitrogens is 2. The predicted octanol–water partition coefficient (Wildman–Crippen LogP) is 1.99. The van der Waals surface area contributed by atoms with Crippen LogP contribution in [0.3, 0.4) is 0 Å². The molecule has 0 spiro atoms. The van der Waals surface area contributed by atoms with Gasteiger partial charge in [0.1, 0.15) is 18.2 Å². The second kappa shape index (κ2) is 9.85. The molecular formula is C20H22ClN5O3. The highest BCUT2D eigenvalue weighted by atomic mass is 35.5. The van der Waals surface area contributed by atoms with E-state index >= 15 is 0 Å². The minimum Gasteiger partial charge on any atom is -0.335 e. The Morgan fingerprint density at radius 2 is 1.97 bits per heavy atom. The molecule has 29 heavy (non-hydrogen) atoms. The van der Waals surface area contributed by atoms with Gasteiger partial charge in [0.05, 0.1) is 22.9 Å². The molecule has 0 aliphatic rings. The number of aryl methyl sites for hydroxylation is 1. The number of nitrogens with one attached hydrogen (secondary N) is 1. The summed E-state index contributed by atoms with van der Waals surface area (Å²) >= 11 is 6.01. The fraction of sp³-hybridized carbons (Fsp3) is 0.350. The number of halogens is 1. The Hall–Kier alpha value is -3.18. The Morgan fingerprint density at radius 1 is 1.28 bits per heavy atom. The van der Waals surface area contributed by atoms with Crippen LogP contribution in [-0.4, -0.2) is 40.1 Å². The van der Waals surface area contributed by atoms with Gasteiger partial charge in [-0.2, -0.15) is 10.4 Å². The van der Waals surface area contributed by atoms with Crippen LogP contribution in [0, 0.1) is 11.3 Å². The first kappa shape index (κ1) is 22.1. The Balaban J connectivity index is 2.13. The molecule has 1 aromatic carbocycles. The summed E-state index contributed by atoms with van der Waals surface area (Å²) in [7, 11) is 1.45. The fourth-order valence-corrected chi connectivity index (χ4v) is 3.03. The molecule has 9 heteroatoms. The highest BCUT2D eigenvalue weighted by molar-refractivity contribution is 6.33. The van der Waals surface area contributed by atoms with Gasteiger partial charge in [0, 0.05) is 7.05 Å². The lowest BCUT2D eigenvalue weighted by Crippen LogP contribution is -2.40. The average Bonchev–Trinajstić information content (AvgIpc) is 2.70. The molecular weight excluding hydrogens is 394 g/mol. The zero-order valence-corrected chi connectivity index (χ0v) is 17.3. The summed E-state index contributed by atoms with van der Waals surface area (Å²) in [5.41, 5.74) is 1.06. The molecule has 0 unspecified atom stereocenters. The third-order valence-electron chi connectivity index (χ3n) is 4.38. The molecule has 0 saturated heterocycles. The number of hydrogen-bond acceptors (Lipinski definition) is 5. The van der Waals surface area contributed by atoms with Gasteiger partial charge in [-0.15, -0.1) is 0 Å². The molecule has 0 bridgehead atoms. The Morgan fingerprint density at radius 3 is 2.55 bits per heavy atom. The zero-order valence-electron chi connectivity index (χ0n) is 16.5.